The van der Waals surface area contributed by atoms with Crippen molar-refractivity contribution in [3.05, 3.63) is 34.1 Å². The molecule has 1 atom stereocenters. The molecule has 1 amide bonds. The lowest BCUT2D eigenvalue weighted by atomic mass is 9.96. The van der Waals surface area contributed by atoms with Crippen LogP contribution in [0.25, 0.3) is 0 Å². The Balaban J connectivity index is 2.18. The summed E-state index contributed by atoms with van der Waals surface area (Å²) in [5.74, 6) is -0.524. The predicted molar refractivity (Wildman–Crippen MR) is 69.8 cm³/mol. The van der Waals surface area contributed by atoms with Crippen LogP contribution in [0.5, 0.6) is 0 Å². The lowest BCUT2D eigenvalue weighted by Crippen LogP contribution is -2.50. The Hall–Kier alpha value is -0.940. The normalized spacial score (nSPS) is 18.2. The van der Waals surface area contributed by atoms with E-state index in [0.717, 1.165) is 12.8 Å². The van der Waals surface area contributed by atoms with Crippen molar-refractivity contribution in [3.63, 3.8) is 0 Å². The Morgan fingerprint density at radius 3 is 2.83 bits per heavy atom. The molecule has 0 aliphatic heterocycles. The summed E-state index contributed by atoms with van der Waals surface area (Å²) in [6.45, 7) is 1.70. The van der Waals surface area contributed by atoms with Gasteiger partial charge in [-0.3, -0.25) is 4.79 Å². The average molecular weight is 316 g/mol. The molecule has 2 rings (SSSR count). The summed E-state index contributed by atoms with van der Waals surface area (Å²) in [6.07, 6.45) is 2.00. The SMILES string of the molecule is CC(CO)(NC(=O)c1cc(F)ccc1Br)C1CC1. The van der Waals surface area contributed by atoms with E-state index in [-0.39, 0.29) is 18.1 Å². The van der Waals surface area contributed by atoms with E-state index in [2.05, 4.69) is 21.2 Å². The first-order chi connectivity index (χ1) is 8.46. The van der Waals surface area contributed by atoms with Crippen LogP contribution in [0.4, 0.5) is 4.39 Å². The number of hydrogen-bond donors (Lipinski definition) is 2. The Morgan fingerprint density at radius 1 is 1.61 bits per heavy atom. The van der Waals surface area contributed by atoms with Gasteiger partial charge in [-0.05, 0) is 59.8 Å². The number of aliphatic hydroxyl groups excluding tert-OH is 1. The van der Waals surface area contributed by atoms with Gasteiger partial charge < -0.3 is 10.4 Å². The van der Waals surface area contributed by atoms with Crippen LogP contribution in [-0.2, 0) is 0 Å². The maximum absolute atomic E-state index is 13.1. The van der Waals surface area contributed by atoms with Gasteiger partial charge in [-0.15, -0.1) is 0 Å². The number of halogens is 2. The van der Waals surface area contributed by atoms with Gasteiger partial charge in [-0.1, -0.05) is 0 Å². The highest BCUT2D eigenvalue weighted by atomic mass is 79.9. The molecule has 5 heteroatoms. The van der Waals surface area contributed by atoms with Crippen molar-refractivity contribution in [1.82, 2.24) is 5.32 Å². The highest BCUT2D eigenvalue weighted by Crippen LogP contribution is 2.39. The Labute approximate surface area is 114 Å². The highest BCUT2D eigenvalue weighted by Gasteiger charge is 2.42. The molecule has 98 valence electrons. The van der Waals surface area contributed by atoms with Gasteiger partial charge in [0.05, 0.1) is 17.7 Å². The van der Waals surface area contributed by atoms with Gasteiger partial charge in [0.1, 0.15) is 5.82 Å². The molecule has 0 radical (unpaired) electrons. The number of hydrogen-bond acceptors (Lipinski definition) is 2. The van der Waals surface area contributed by atoms with Crippen molar-refractivity contribution in [1.29, 1.82) is 0 Å². The van der Waals surface area contributed by atoms with Gasteiger partial charge in [0.25, 0.3) is 5.91 Å². The number of nitrogens with one attached hydrogen (secondary N) is 1. The average Bonchev–Trinajstić information content (AvgIpc) is 3.16. The molecular weight excluding hydrogens is 301 g/mol. The predicted octanol–water partition coefficient (Wildman–Crippen LogP) is 2.48. The molecule has 1 saturated carbocycles. The molecule has 1 aliphatic carbocycles. The molecule has 1 unspecified atom stereocenters. The Morgan fingerprint density at radius 2 is 2.28 bits per heavy atom. The number of carbonyl (C=O) groups is 1. The minimum atomic E-state index is -0.622. The van der Waals surface area contributed by atoms with Gasteiger partial charge in [0, 0.05) is 4.47 Å². The van der Waals surface area contributed by atoms with Crippen LogP contribution in [0.15, 0.2) is 22.7 Å². The van der Waals surface area contributed by atoms with Gasteiger partial charge in [0.2, 0.25) is 0 Å². The fourth-order valence-corrected chi connectivity index (χ4v) is 2.42. The first kappa shape index (κ1) is 13.5. The number of aliphatic hydroxyl groups is 1. The summed E-state index contributed by atoms with van der Waals surface area (Å²) in [5.41, 5.74) is -0.377. The van der Waals surface area contributed by atoms with E-state index in [4.69, 9.17) is 0 Å². The van der Waals surface area contributed by atoms with Gasteiger partial charge >= 0.3 is 0 Å². The summed E-state index contributed by atoms with van der Waals surface area (Å²) in [7, 11) is 0. The zero-order chi connectivity index (χ0) is 13.3. The van der Waals surface area contributed by atoms with E-state index >= 15 is 0 Å². The van der Waals surface area contributed by atoms with Crippen molar-refractivity contribution in [2.45, 2.75) is 25.3 Å². The summed E-state index contributed by atoms with van der Waals surface area (Å²) in [5, 5.41) is 12.2. The minimum absolute atomic E-state index is 0.115. The second-order valence-corrected chi connectivity index (χ2v) is 5.78. The van der Waals surface area contributed by atoms with Gasteiger partial charge in [-0.25, -0.2) is 4.39 Å². The monoisotopic (exact) mass is 315 g/mol. The second-order valence-electron chi connectivity index (χ2n) is 4.93. The second kappa shape index (κ2) is 4.97. The molecule has 1 fully saturated rings. The smallest absolute Gasteiger partial charge is 0.253 e. The summed E-state index contributed by atoms with van der Waals surface area (Å²) in [6, 6.07) is 3.97. The van der Waals surface area contributed by atoms with Crippen LogP contribution in [0.2, 0.25) is 0 Å². The van der Waals surface area contributed by atoms with Crippen molar-refractivity contribution in [2.75, 3.05) is 6.61 Å². The molecule has 3 nitrogen and oxygen atoms in total. The number of rotatable bonds is 4. The maximum atomic E-state index is 13.1. The van der Waals surface area contributed by atoms with Crippen LogP contribution < -0.4 is 5.32 Å². The molecule has 1 aromatic rings. The van der Waals surface area contributed by atoms with E-state index in [1.54, 1.807) is 0 Å². The van der Waals surface area contributed by atoms with Gasteiger partial charge in [0.15, 0.2) is 0 Å². The molecule has 0 spiro atoms. The van der Waals surface area contributed by atoms with Crippen LogP contribution in [-0.4, -0.2) is 23.2 Å². The van der Waals surface area contributed by atoms with Crippen molar-refractivity contribution in [2.24, 2.45) is 5.92 Å². The fraction of sp³-hybridized carbons (Fsp3) is 0.462. The minimum Gasteiger partial charge on any atom is -0.394 e. The van der Waals surface area contributed by atoms with E-state index in [9.17, 15) is 14.3 Å². The van der Waals surface area contributed by atoms with Crippen LogP contribution in [0.3, 0.4) is 0 Å². The third kappa shape index (κ3) is 2.72. The van der Waals surface area contributed by atoms with E-state index in [0.29, 0.717) is 10.4 Å². The van der Waals surface area contributed by atoms with E-state index in [1.807, 2.05) is 6.92 Å². The number of carbonyl (C=O) groups excluding carboxylic acids is 1. The number of amides is 1. The summed E-state index contributed by atoms with van der Waals surface area (Å²) >= 11 is 3.22. The first-order valence-corrected chi connectivity index (χ1v) is 6.64. The summed E-state index contributed by atoms with van der Waals surface area (Å²) in [4.78, 5) is 12.1. The molecular formula is C13H15BrFNO2. The summed E-state index contributed by atoms with van der Waals surface area (Å²) < 4.78 is 13.7. The lowest BCUT2D eigenvalue weighted by Gasteiger charge is -2.29. The van der Waals surface area contributed by atoms with Crippen molar-refractivity contribution >= 4 is 21.8 Å². The first-order valence-electron chi connectivity index (χ1n) is 5.85. The number of benzene rings is 1. The topological polar surface area (TPSA) is 49.3 Å². The fourth-order valence-electron chi connectivity index (χ4n) is 1.99. The molecule has 0 saturated heterocycles. The van der Waals surface area contributed by atoms with Crippen LogP contribution in [0, 0.1) is 11.7 Å². The standard InChI is InChI=1S/C13H15BrFNO2/c1-13(7-17,8-2-3-8)16-12(18)10-6-9(15)4-5-11(10)14/h4-6,8,17H,2-3,7H2,1H3,(H,16,18). The van der Waals surface area contributed by atoms with E-state index in [1.165, 1.54) is 18.2 Å². The zero-order valence-corrected chi connectivity index (χ0v) is 11.6. The van der Waals surface area contributed by atoms with Crippen LogP contribution in [0.1, 0.15) is 30.1 Å². The van der Waals surface area contributed by atoms with Crippen molar-refractivity contribution < 1.29 is 14.3 Å². The lowest BCUT2D eigenvalue weighted by molar-refractivity contribution is 0.0823. The largest absolute Gasteiger partial charge is 0.394 e. The molecule has 0 aromatic heterocycles. The quantitative estimate of drug-likeness (QED) is 0.896. The highest BCUT2D eigenvalue weighted by molar-refractivity contribution is 9.10. The third-order valence-electron chi connectivity index (χ3n) is 3.38. The van der Waals surface area contributed by atoms with Crippen molar-refractivity contribution in [3.8, 4) is 0 Å². The maximum Gasteiger partial charge on any atom is 0.253 e. The Kier molecular flexibility index (Phi) is 3.73. The third-order valence-corrected chi connectivity index (χ3v) is 4.07. The molecule has 0 heterocycles. The Bertz CT molecular complexity index is 476. The zero-order valence-electron chi connectivity index (χ0n) is 10.0. The molecule has 1 aromatic carbocycles. The molecule has 2 N–H and O–H groups in total. The molecule has 18 heavy (non-hydrogen) atoms. The van der Waals surface area contributed by atoms with E-state index < -0.39 is 11.4 Å². The molecule has 1 aliphatic rings. The van der Waals surface area contributed by atoms with Gasteiger partial charge in [-0.2, -0.15) is 0 Å². The molecule has 0 bridgehead atoms. The van der Waals surface area contributed by atoms with Crippen LogP contribution >= 0.6 is 15.9 Å².